The van der Waals surface area contributed by atoms with E-state index in [1.165, 1.54) is 0 Å². The minimum Gasteiger partial charge on any atom is -0.299 e. The van der Waals surface area contributed by atoms with Crippen LogP contribution in [0.3, 0.4) is 0 Å². The normalized spacial score (nSPS) is 16.7. The number of hydrogen-bond donors (Lipinski definition) is 0. The maximum atomic E-state index is 10.8. The Morgan fingerprint density at radius 2 is 2.09 bits per heavy atom. The minimum absolute atomic E-state index is 0.172. The second kappa shape index (κ2) is 6.70. The highest BCUT2D eigenvalue weighted by Gasteiger charge is 2.20. The van der Waals surface area contributed by atoms with E-state index in [9.17, 15) is 10.1 Å². The molecule has 22 heavy (non-hydrogen) atoms. The summed E-state index contributed by atoms with van der Waals surface area (Å²) in [7, 11) is 0. The maximum Gasteiger partial charge on any atom is 0.269 e. The van der Waals surface area contributed by atoms with Crippen molar-refractivity contribution in [3.05, 3.63) is 58.4 Å². The minimum atomic E-state index is -0.334. The van der Waals surface area contributed by atoms with Crippen LogP contribution in [0.5, 0.6) is 0 Å². The molecule has 1 aliphatic heterocycles. The smallest absolute Gasteiger partial charge is 0.269 e. The molecule has 3 rings (SSSR count). The molecule has 2 heterocycles. The van der Waals surface area contributed by atoms with E-state index in [0.29, 0.717) is 5.92 Å². The van der Waals surface area contributed by atoms with Crippen molar-refractivity contribution in [3.63, 3.8) is 0 Å². The number of nitrogens with zero attached hydrogens (tertiary/aromatic N) is 4. The zero-order valence-corrected chi connectivity index (χ0v) is 12.5. The van der Waals surface area contributed by atoms with Gasteiger partial charge in [-0.05, 0) is 43.5 Å². The molecule has 6 heteroatoms. The van der Waals surface area contributed by atoms with E-state index in [1.54, 1.807) is 18.2 Å². The van der Waals surface area contributed by atoms with Crippen molar-refractivity contribution in [1.82, 2.24) is 14.7 Å². The van der Waals surface area contributed by atoms with Crippen LogP contribution in [0.15, 0.2) is 42.7 Å². The van der Waals surface area contributed by atoms with E-state index >= 15 is 0 Å². The molecule has 1 aromatic carbocycles. The van der Waals surface area contributed by atoms with Gasteiger partial charge in [0.1, 0.15) is 0 Å². The standard InChI is InChI=1S/C16H20N4O2/c21-20(22)16-4-1-3-15(11-16)12-18-9-5-14(6-10-18)13-19-8-2-7-17-19/h1-4,7-8,11,14H,5-6,9-10,12-13H2. The van der Waals surface area contributed by atoms with Crippen LogP contribution in [-0.4, -0.2) is 32.7 Å². The number of rotatable bonds is 5. The summed E-state index contributed by atoms with van der Waals surface area (Å²) in [4.78, 5) is 12.9. The van der Waals surface area contributed by atoms with Gasteiger partial charge in [-0.25, -0.2) is 0 Å². The van der Waals surface area contributed by atoms with Gasteiger partial charge < -0.3 is 0 Å². The van der Waals surface area contributed by atoms with Gasteiger partial charge in [0.05, 0.1) is 4.92 Å². The molecule has 1 saturated heterocycles. The third-order valence-electron chi connectivity index (χ3n) is 4.24. The molecule has 0 saturated carbocycles. The predicted octanol–water partition coefficient (Wildman–Crippen LogP) is 2.70. The predicted molar refractivity (Wildman–Crippen MR) is 83.3 cm³/mol. The highest BCUT2D eigenvalue weighted by molar-refractivity contribution is 5.34. The lowest BCUT2D eigenvalue weighted by Crippen LogP contribution is -2.34. The first-order chi connectivity index (χ1) is 10.7. The van der Waals surface area contributed by atoms with Crippen LogP contribution in [0, 0.1) is 16.0 Å². The van der Waals surface area contributed by atoms with Crippen molar-refractivity contribution in [1.29, 1.82) is 0 Å². The molecule has 6 nitrogen and oxygen atoms in total. The summed E-state index contributed by atoms with van der Waals surface area (Å²) in [6.07, 6.45) is 6.12. The van der Waals surface area contributed by atoms with Crippen LogP contribution < -0.4 is 0 Å². The molecule has 0 radical (unpaired) electrons. The molecule has 0 atom stereocenters. The van der Waals surface area contributed by atoms with Gasteiger partial charge in [0, 0.05) is 37.6 Å². The average Bonchev–Trinajstić information content (AvgIpc) is 3.02. The van der Waals surface area contributed by atoms with Crippen LogP contribution in [0.4, 0.5) is 5.69 Å². The molecule has 1 aliphatic rings. The fourth-order valence-electron chi connectivity index (χ4n) is 3.03. The Balaban J connectivity index is 1.51. The number of nitro groups is 1. The summed E-state index contributed by atoms with van der Waals surface area (Å²) in [5.74, 6) is 0.668. The van der Waals surface area contributed by atoms with E-state index in [0.717, 1.165) is 44.6 Å². The molecule has 0 unspecified atom stereocenters. The third kappa shape index (κ3) is 3.71. The topological polar surface area (TPSA) is 64.2 Å². The molecule has 0 aliphatic carbocycles. The van der Waals surface area contributed by atoms with Crippen LogP contribution >= 0.6 is 0 Å². The lowest BCUT2D eigenvalue weighted by Gasteiger charge is -2.31. The van der Waals surface area contributed by atoms with Crippen molar-refractivity contribution < 1.29 is 4.92 Å². The average molecular weight is 300 g/mol. The zero-order chi connectivity index (χ0) is 15.4. The summed E-state index contributed by atoms with van der Waals surface area (Å²) in [6.45, 7) is 3.84. The highest BCUT2D eigenvalue weighted by atomic mass is 16.6. The zero-order valence-electron chi connectivity index (χ0n) is 12.5. The highest BCUT2D eigenvalue weighted by Crippen LogP contribution is 2.21. The van der Waals surface area contributed by atoms with Gasteiger partial charge in [0.25, 0.3) is 5.69 Å². The molecule has 0 spiro atoms. The first-order valence-corrected chi connectivity index (χ1v) is 7.64. The molecule has 116 valence electrons. The van der Waals surface area contributed by atoms with E-state index < -0.39 is 0 Å². The van der Waals surface area contributed by atoms with Crippen LogP contribution in [-0.2, 0) is 13.1 Å². The number of non-ortho nitro benzene ring substituents is 1. The van der Waals surface area contributed by atoms with E-state index in [-0.39, 0.29) is 10.6 Å². The first kappa shape index (κ1) is 14.7. The second-order valence-electron chi connectivity index (χ2n) is 5.87. The lowest BCUT2D eigenvalue weighted by molar-refractivity contribution is -0.384. The number of likely N-dealkylation sites (tertiary alicyclic amines) is 1. The third-order valence-corrected chi connectivity index (χ3v) is 4.24. The van der Waals surface area contributed by atoms with Gasteiger partial charge in [-0.3, -0.25) is 19.7 Å². The van der Waals surface area contributed by atoms with Crippen LogP contribution in [0.1, 0.15) is 18.4 Å². The first-order valence-electron chi connectivity index (χ1n) is 7.64. The molecule has 1 aromatic heterocycles. The molecular formula is C16H20N4O2. The molecule has 0 bridgehead atoms. The van der Waals surface area contributed by atoms with E-state index in [2.05, 4.69) is 10.00 Å². The molecule has 1 fully saturated rings. The van der Waals surface area contributed by atoms with Gasteiger partial charge >= 0.3 is 0 Å². The van der Waals surface area contributed by atoms with Crippen molar-refractivity contribution in [2.75, 3.05) is 13.1 Å². The lowest BCUT2D eigenvalue weighted by atomic mass is 9.96. The Bertz CT molecular complexity index is 619. The SMILES string of the molecule is O=[N+]([O-])c1cccc(CN2CCC(Cn3cccn3)CC2)c1. The van der Waals surface area contributed by atoms with Gasteiger partial charge in [0.2, 0.25) is 0 Å². The molecular weight excluding hydrogens is 280 g/mol. The summed E-state index contributed by atoms with van der Waals surface area (Å²) >= 11 is 0. The van der Waals surface area contributed by atoms with Crippen molar-refractivity contribution >= 4 is 5.69 Å². The monoisotopic (exact) mass is 300 g/mol. The van der Waals surface area contributed by atoms with E-state index in [1.807, 2.05) is 29.2 Å². The fourth-order valence-corrected chi connectivity index (χ4v) is 3.03. The Hall–Kier alpha value is -2.21. The maximum absolute atomic E-state index is 10.8. The Kier molecular flexibility index (Phi) is 4.48. The van der Waals surface area contributed by atoms with Gasteiger partial charge in [-0.1, -0.05) is 12.1 Å². The van der Waals surface area contributed by atoms with Gasteiger partial charge in [0.15, 0.2) is 0 Å². The summed E-state index contributed by atoms with van der Waals surface area (Å²) in [5, 5.41) is 15.1. The largest absolute Gasteiger partial charge is 0.299 e. The van der Waals surface area contributed by atoms with Crippen molar-refractivity contribution in [3.8, 4) is 0 Å². The van der Waals surface area contributed by atoms with Gasteiger partial charge in [-0.15, -0.1) is 0 Å². The van der Waals surface area contributed by atoms with Crippen LogP contribution in [0.2, 0.25) is 0 Å². The van der Waals surface area contributed by atoms with E-state index in [4.69, 9.17) is 0 Å². The molecule has 0 N–H and O–H groups in total. The quantitative estimate of drug-likeness (QED) is 0.629. The second-order valence-corrected chi connectivity index (χ2v) is 5.87. The number of benzene rings is 1. The summed E-state index contributed by atoms with van der Waals surface area (Å²) in [6, 6.07) is 8.90. The van der Waals surface area contributed by atoms with Crippen molar-refractivity contribution in [2.45, 2.75) is 25.9 Å². The number of piperidine rings is 1. The van der Waals surface area contributed by atoms with Gasteiger partial charge in [-0.2, -0.15) is 5.10 Å². The fraction of sp³-hybridized carbons (Fsp3) is 0.438. The number of hydrogen-bond acceptors (Lipinski definition) is 4. The Morgan fingerprint density at radius 3 is 2.77 bits per heavy atom. The van der Waals surface area contributed by atoms with Crippen molar-refractivity contribution in [2.24, 2.45) is 5.92 Å². The summed E-state index contributed by atoms with van der Waals surface area (Å²) < 4.78 is 2.00. The van der Waals surface area contributed by atoms with Crippen LogP contribution in [0.25, 0.3) is 0 Å². The molecule has 0 amide bonds. The molecule has 2 aromatic rings. The Morgan fingerprint density at radius 1 is 1.27 bits per heavy atom. The summed E-state index contributed by atoms with van der Waals surface area (Å²) in [5.41, 5.74) is 1.19. The Labute approximate surface area is 129 Å². The number of aromatic nitrogens is 2. The number of nitro benzene ring substituents is 1.